The second-order valence-corrected chi connectivity index (χ2v) is 12.3. The lowest BCUT2D eigenvalue weighted by Crippen LogP contribution is -2.21. The Morgan fingerprint density at radius 1 is 1.44 bits per heavy atom. The van der Waals surface area contributed by atoms with Crippen LogP contribution in [0.25, 0.3) is 5.57 Å². The van der Waals surface area contributed by atoms with Crippen molar-refractivity contribution in [1.82, 2.24) is 4.98 Å². The Labute approximate surface area is 162 Å². The van der Waals surface area contributed by atoms with Crippen molar-refractivity contribution < 1.29 is 9.53 Å². The monoisotopic (exact) mass is 395 g/mol. The van der Waals surface area contributed by atoms with Crippen LogP contribution in [0, 0.1) is 0 Å². The van der Waals surface area contributed by atoms with Crippen LogP contribution in [0.3, 0.4) is 0 Å². The Balaban J connectivity index is 3.35. The molecule has 138 valence electrons. The number of ether oxygens (including phenoxy) is 1. The molecule has 3 nitrogen and oxygen atoms in total. The molecule has 0 radical (unpaired) electrons. The van der Waals surface area contributed by atoms with Crippen LogP contribution < -0.4 is 0 Å². The Hall–Kier alpha value is -0.983. The smallest absolute Gasteiger partial charge is 0.340 e. The van der Waals surface area contributed by atoms with Gasteiger partial charge in [0.25, 0.3) is 0 Å². The first-order valence-corrected chi connectivity index (χ1v) is 13.6. The van der Waals surface area contributed by atoms with E-state index in [2.05, 4.69) is 31.6 Å². The third kappa shape index (κ3) is 7.42. The molecule has 25 heavy (non-hydrogen) atoms. The average Bonchev–Trinajstić information content (AvgIpc) is 2.60. The molecule has 1 aromatic heterocycles. The van der Waals surface area contributed by atoms with Crippen LogP contribution in [0.5, 0.6) is 0 Å². The first kappa shape index (κ1) is 22.1. The van der Waals surface area contributed by atoms with Gasteiger partial charge in [-0.1, -0.05) is 32.2 Å². The minimum Gasteiger partial charge on any atom is -0.462 e. The summed E-state index contributed by atoms with van der Waals surface area (Å²) in [5, 5.41) is 0. The summed E-state index contributed by atoms with van der Waals surface area (Å²) in [6, 6.07) is 3.79. The highest BCUT2D eigenvalue weighted by Crippen LogP contribution is 2.40. The molecule has 0 fully saturated rings. The molecule has 0 saturated carbocycles. The Morgan fingerprint density at radius 3 is 2.72 bits per heavy atom. The minimum absolute atomic E-state index is 0.260. The Bertz CT molecular complexity index is 576. The molecule has 1 atom stereocenters. The predicted molar refractivity (Wildman–Crippen MR) is 116 cm³/mol. The summed E-state index contributed by atoms with van der Waals surface area (Å²) >= 11 is 3.58. The number of hydrogen-bond acceptors (Lipinski definition) is 5. The van der Waals surface area contributed by atoms with E-state index in [0.717, 1.165) is 28.4 Å². The number of thioether (sulfide) groups is 2. The molecule has 0 aliphatic rings. The van der Waals surface area contributed by atoms with E-state index in [9.17, 15) is 4.79 Å². The fourth-order valence-corrected chi connectivity index (χ4v) is 7.13. The fourth-order valence-electron chi connectivity index (χ4n) is 2.15. The van der Waals surface area contributed by atoms with Crippen LogP contribution in [-0.4, -0.2) is 37.0 Å². The Morgan fingerprint density at radius 2 is 2.20 bits per heavy atom. The van der Waals surface area contributed by atoms with E-state index in [1.165, 1.54) is 0 Å². The SMILES string of the molecule is C=CCC(S/C(SCCC)=C(\C(=O)OCC)c1cccnc1)[SiH](C)C. The van der Waals surface area contributed by atoms with Crippen molar-refractivity contribution >= 4 is 43.9 Å². The third-order valence-electron chi connectivity index (χ3n) is 3.47. The van der Waals surface area contributed by atoms with E-state index in [4.69, 9.17) is 4.74 Å². The number of hydrogen-bond donors (Lipinski definition) is 0. The molecule has 0 aliphatic heterocycles. The van der Waals surface area contributed by atoms with Gasteiger partial charge in [0.05, 0.1) is 16.4 Å². The topological polar surface area (TPSA) is 39.2 Å². The molecule has 0 aromatic carbocycles. The summed E-state index contributed by atoms with van der Waals surface area (Å²) < 4.78 is 6.42. The second-order valence-electron chi connectivity index (χ2n) is 5.90. The lowest BCUT2D eigenvalue weighted by molar-refractivity contribution is -0.136. The first-order valence-electron chi connectivity index (χ1n) is 8.77. The molecule has 0 saturated heterocycles. The van der Waals surface area contributed by atoms with Gasteiger partial charge in [-0.15, -0.1) is 30.1 Å². The van der Waals surface area contributed by atoms with Gasteiger partial charge in [0.15, 0.2) is 0 Å². The molecule has 0 bridgehead atoms. The van der Waals surface area contributed by atoms with E-state index in [-0.39, 0.29) is 5.97 Å². The molecule has 0 amide bonds. The molecule has 0 spiro atoms. The van der Waals surface area contributed by atoms with Crippen LogP contribution in [0.2, 0.25) is 13.1 Å². The molecule has 6 heteroatoms. The molecule has 1 unspecified atom stereocenters. The second kappa shape index (κ2) is 12.4. The normalized spacial score (nSPS) is 13.3. The van der Waals surface area contributed by atoms with Crippen molar-refractivity contribution in [2.45, 2.75) is 44.7 Å². The Kier molecular flexibility index (Phi) is 10.9. The number of esters is 1. The number of aromatic nitrogens is 1. The molecule has 0 aliphatic carbocycles. The quantitative estimate of drug-likeness (QED) is 0.224. The number of pyridine rings is 1. The average molecular weight is 396 g/mol. The summed E-state index contributed by atoms with van der Waals surface area (Å²) in [5.41, 5.74) is 1.48. The number of nitrogens with zero attached hydrogens (tertiary/aromatic N) is 1. The van der Waals surface area contributed by atoms with Gasteiger partial charge in [0.1, 0.15) is 0 Å². The molecule has 1 heterocycles. The van der Waals surface area contributed by atoms with Gasteiger partial charge in [-0.25, -0.2) is 4.79 Å². The van der Waals surface area contributed by atoms with E-state index in [0.29, 0.717) is 17.1 Å². The van der Waals surface area contributed by atoms with Gasteiger partial charge >= 0.3 is 5.97 Å². The van der Waals surface area contributed by atoms with Crippen LogP contribution in [0.15, 0.2) is 41.4 Å². The van der Waals surface area contributed by atoms with Crippen molar-refractivity contribution in [2.24, 2.45) is 0 Å². The largest absolute Gasteiger partial charge is 0.462 e. The van der Waals surface area contributed by atoms with Crippen molar-refractivity contribution in [1.29, 1.82) is 0 Å². The minimum atomic E-state index is -0.899. The third-order valence-corrected chi connectivity index (χ3v) is 9.91. The van der Waals surface area contributed by atoms with Crippen molar-refractivity contribution in [3.63, 3.8) is 0 Å². The zero-order chi connectivity index (χ0) is 18.7. The fraction of sp³-hybridized carbons (Fsp3) is 0.474. The molecule has 1 aromatic rings. The summed E-state index contributed by atoms with van der Waals surface area (Å²) in [4.78, 5) is 17.4. The highest BCUT2D eigenvalue weighted by Gasteiger charge is 2.24. The molecule has 1 rings (SSSR count). The van der Waals surface area contributed by atoms with Gasteiger partial charge in [0, 0.05) is 31.6 Å². The van der Waals surface area contributed by atoms with E-state index < -0.39 is 8.80 Å². The lowest BCUT2D eigenvalue weighted by Gasteiger charge is -2.21. The van der Waals surface area contributed by atoms with E-state index >= 15 is 0 Å². The number of rotatable bonds is 11. The van der Waals surface area contributed by atoms with Gasteiger partial charge < -0.3 is 4.74 Å². The standard InChI is InChI=1S/C19H29NO2S2Si/c1-6-10-16(25(4)5)24-19(23-13-7-2)17(18(21)22-8-3)15-11-9-12-20-14-15/h6,9,11-12,14,16,25H,1,7-8,10,13H2,2-5H3/b19-17-. The molecular weight excluding hydrogens is 366 g/mol. The summed E-state index contributed by atoms with van der Waals surface area (Å²) in [6.45, 7) is 13.0. The maximum absolute atomic E-state index is 12.7. The van der Waals surface area contributed by atoms with Crippen LogP contribution in [0.4, 0.5) is 0 Å². The van der Waals surface area contributed by atoms with Gasteiger partial charge in [0.2, 0.25) is 0 Å². The zero-order valence-corrected chi connectivity index (χ0v) is 18.4. The van der Waals surface area contributed by atoms with E-state index in [1.807, 2.05) is 36.9 Å². The zero-order valence-electron chi connectivity index (χ0n) is 15.7. The molecular formula is C19H29NO2S2Si. The van der Waals surface area contributed by atoms with E-state index in [1.54, 1.807) is 24.2 Å². The van der Waals surface area contributed by atoms with Gasteiger partial charge in [-0.05, 0) is 31.6 Å². The molecule has 0 N–H and O–H groups in total. The number of carbonyl (C=O) groups is 1. The van der Waals surface area contributed by atoms with Crippen molar-refractivity contribution in [3.8, 4) is 0 Å². The summed E-state index contributed by atoms with van der Waals surface area (Å²) in [5.74, 6) is 0.718. The number of carbonyl (C=O) groups excluding carboxylic acids is 1. The lowest BCUT2D eigenvalue weighted by atomic mass is 10.1. The predicted octanol–water partition coefficient (Wildman–Crippen LogP) is 5.16. The maximum Gasteiger partial charge on any atom is 0.340 e. The van der Waals surface area contributed by atoms with Crippen LogP contribution in [0.1, 0.15) is 32.3 Å². The maximum atomic E-state index is 12.7. The highest BCUT2D eigenvalue weighted by molar-refractivity contribution is 8.23. The number of allylic oxidation sites excluding steroid dienone is 1. The highest BCUT2D eigenvalue weighted by atomic mass is 32.2. The van der Waals surface area contributed by atoms with Crippen LogP contribution >= 0.6 is 23.5 Å². The van der Waals surface area contributed by atoms with Gasteiger partial charge in [-0.2, -0.15) is 0 Å². The first-order chi connectivity index (χ1) is 12.0. The van der Waals surface area contributed by atoms with Gasteiger partial charge in [-0.3, -0.25) is 4.98 Å². The van der Waals surface area contributed by atoms with Crippen molar-refractivity contribution in [2.75, 3.05) is 12.4 Å². The summed E-state index contributed by atoms with van der Waals surface area (Å²) in [6.07, 6.45) is 7.48. The summed E-state index contributed by atoms with van der Waals surface area (Å²) in [7, 11) is -0.899. The van der Waals surface area contributed by atoms with Crippen LogP contribution in [-0.2, 0) is 9.53 Å². The van der Waals surface area contributed by atoms with Crippen molar-refractivity contribution in [3.05, 3.63) is 47.0 Å².